The lowest BCUT2D eigenvalue weighted by Crippen LogP contribution is -2.32. The fraction of sp³-hybridized carbons (Fsp3) is 0.533. The van der Waals surface area contributed by atoms with Crippen molar-refractivity contribution in [2.24, 2.45) is 5.92 Å². The molecule has 1 atom stereocenters. The molecule has 1 aromatic carbocycles. The second-order valence-electron chi connectivity index (χ2n) is 5.71. The minimum atomic E-state index is -0.990. The van der Waals surface area contributed by atoms with E-state index in [0.717, 1.165) is 35.9 Å². The maximum Gasteiger partial charge on any atom is 0.260 e. The number of amides is 1. The number of piperidine rings is 1. The number of rotatable bonds is 1. The van der Waals surface area contributed by atoms with Crippen LogP contribution in [0.3, 0.4) is 0 Å². The zero-order valence-electron chi connectivity index (χ0n) is 11.5. The van der Waals surface area contributed by atoms with Crippen LogP contribution in [-0.4, -0.2) is 31.2 Å². The van der Waals surface area contributed by atoms with E-state index in [9.17, 15) is 9.90 Å². The highest BCUT2D eigenvalue weighted by Crippen LogP contribution is 2.38. The summed E-state index contributed by atoms with van der Waals surface area (Å²) in [6, 6.07) is 5.93. The zero-order chi connectivity index (χ0) is 13.6. The summed E-state index contributed by atoms with van der Waals surface area (Å²) in [6.07, 6.45) is 1.44. The number of hydrogen-bond acceptors (Lipinski definition) is 3. The van der Waals surface area contributed by atoms with E-state index < -0.39 is 6.10 Å². The van der Waals surface area contributed by atoms with Crippen LogP contribution < -0.4 is 9.80 Å². The Labute approximate surface area is 113 Å². The molecule has 0 aliphatic carbocycles. The largest absolute Gasteiger partial charge is 0.378 e. The smallest absolute Gasteiger partial charge is 0.260 e. The molecule has 3 rings (SSSR count). The third-order valence-corrected chi connectivity index (χ3v) is 4.38. The van der Waals surface area contributed by atoms with Crippen molar-refractivity contribution in [3.05, 3.63) is 23.8 Å². The standard InChI is InChI=1S/C15H20N2O2/c1-10-5-7-17(8-6-10)11-3-4-12-13(9-11)16(2)15(19)14(12)18/h3-4,9-10,14,18H,5-8H2,1-2H3. The molecular weight excluding hydrogens is 240 g/mol. The topological polar surface area (TPSA) is 43.8 Å². The van der Waals surface area contributed by atoms with Crippen molar-refractivity contribution in [2.75, 3.05) is 29.9 Å². The number of hydrogen-bond donors (Lipinski definition) is 1. The van der Waals surface area contributed by atoms with Crippen molar-refractivity contribution in [2.45, 2.75) is 25.9 Å². The van der Waals surface area contributed by atoms with Gasteiger partial charge in [-0.15, -0.1) is 0 Å². The molecule has 0 saturated carbocycles. The van der Waals surface area contributed by atoms with Crippen LogP contribution in [0.25, 0.3) is 0 Å². The molecule has 1 unspecified atom stereocenters. The number of carbonyl (C=O) groups is 1. The third kappa shape index (κ3) is 2.00. The van der Waals surface area contributed by atoms with Crippen molar-refractivity contribution in [3.63, 3.8) is 0 Å². The van der Waals surface area contributed by atoms with Gasteiger partial charge in [0, 0.05) is 31.4 Å². The zero-order valence-corrected chi connectivity index (χ0v) is 11.5. The van der Waals surface area contributed by atoms with Gasteiger partial charge < -0.3 is 14.9 Å². The molecule has 102 valence electrons. The number of benzene rings is 1. The average Bonchev–Trinajstić information content (AvgIpc) is 2.64. The normalized spacial score (nSPS) is 23.9. The lowest BCUT2D eigenvalue weighted by molar-refractivity contribution is -0.125. The first kappa shape index (κ1) is 12.5. The van der Waals surface area contributed by atoms with Gasteiger partial charge in [-0.1, -0.05) is 13.0 Å². The van der Waals surface area contributed by atoms with Crippen LogP contribution in [0.1, 0.15) is 31.4 Å². The monoisotopic (exact) mass is 260 g/mol. The summed E-state index contributed by atoms with van der Waals surface area (Å²) in [7, 11) is 1.72. The van der Waals surface area contributed by atoms with Gasteiger partial charge >= 0.3 is 0 Å². The Hall–Kier alpha value is -1.55. The predicted octanol–water partition coefficient (Wildman–Crippen LogP) is 1.93. The fourth-order valence-electron chi connectivity index (χ4n) is 2.95. The van der Waals surface area contributed by atoms with Crippen molar-refractivity contribution in [1.29, 1.82) is 0 Å². The first-order chi connectivity index (χ1) is 9.08. The molecule has 2 heterocycles. The van der Waals surface area contributed by atoms with Crippen molar-refractivity contribution in [1.82, 2.24) is 0 Å². The third-order valence-electron chi connectivity index (χ3n) is 4.38. The Morgan fingerprint density at radius 2 is 1.95 bits per heavy atom. The molecule has 1 N–H and O–H groups in total. The summed E-state index contributed by atoms with van der Waals surface area (Å²) >= 11 is 0. The van der Waals surface area contributed by atoms with E-state index in [1.807, 2.05) is 18.2 Å². The van der Waals surface area contributed by atoms with Crippen LogP contribution in [0.2, 0.25) is 0 Å². The summed E-state index contributed by atoms with van der Waals surface area (Å²) in [5.41, 5.74) is 2.72. The van der Waals surface area contributed by atoms with Crippen LogP contribution in [0.5, 0.6) is 0 Å². The van der Waals surface area contributed by atoms with E-state index in [1.165, 1.54) is 12.8 Å². The molecular formula is C15H20N2O2. The molecule has 0 bridgehead atoms. The molecule has 2 aliphatic heterocycles. The molecule has 19 heavy (non-hydrogen) atoms. The van der Waals surface area contributed by atoms with Crippen LogP contribution in [0.15, 0.2) is 18.2 Å². The molecule has 4 nitrogen and oxygen atoms in total. The molecule has 4 heteroatoms. The van der Waals surface area contributed by atoms with Crippen molar-refractivity contribution < 1.29 is 9.90 Å². The second kappa shape index (κ2) is 4.53. The Morgan fingerprint density at radius 3 is 2.63 bits per heavy atom. The molecule has 0 spiro atoms. The number of fused-ring (bicyclic) bond motifs is 1. The molecule has 0 radical (unpaired) electrons. The number of anilines is 2. The summed E-state index contributed by atoms with van der Waals surface area (Å²) in [5, 5.41) is 9.85. The van der Waals surface area contributed by atoms with E-state index >= 15 is 0 Å². The van der Waals surface area contributed by atoms with Crippen molar-refractivity contribution >= 4 is 17.3 Å². The van der Waals surface area contributed by atoms with E-state index in [-0.39, 0.29) is 5.91 Å². The average molecular weight is 260 g/mol. The highest BCUT2D eigenvalue weighted by atomic mass is 16.3. The van der Waals surface area contributed by atoms with Gasteiger partial charge in [0.05, 0.1) is 5.69 Å². The summed E-state index contributed by atoms with van der Waals surface area (Å²) < 4.78 is 0. The van der Waals surface area contributed by atoms with Gasteiger partial charge in [-0.05, 0) is 30.9 Å². The summed E-state index contributed by atoms with van der Waals surface area (Å²) in [5.74, 6) is 0.566. The number of likely N-dealkylation sites (N-methyl/N-ethyl adjacent to an activating group) is 1. The SMILES string of the molecule is CC1CCN(c2ccc3c(c2)N(C)C(=O)C3O)CC1. The summed E-state index contributed by atoms with van der Waals surface area (Å²) in [4.78, 5) is 15.7. The van der Waals surface area contributed by atoms with E-state index in [2.05, 4.69) is 11.8 Å². The van der Waals surface area contributed by atoms with Crippen LogP contribution in [0, 0.1) is 5.92 Å². The van der Waals surface area contributed by atoms with Crippen LogP contribution in [0.4, 0.5) is 11.4 Å². The number of carbonyl (C=O) groups excluding carboxylic acids is 1. The quantitative estimate of drug-likeness (QED) is 0.839. The summed E-state index contributed by atoms with van der Waals surface area (Å²) in [6.45, 7) is 4.43. The number of nitrogens with zero attached hydrogens (tertiary/aromatic N) is 2. The minimum absolute atomic E-state index is 0.237. The molecule has 1 saturated heterocycles. The molecule has 1 aromatic rings. The first-order valence-electron chi connectivity index (χ1n) is 6.92. The van der Waals surface area contributed by atoms with E-state index in [4.69, 9.17) is 0 Å². The molecule has 1 amide bonds. The highest BCUT2D eigenvalue weighted by molar-refractivity contribution is 6.03. The van der Waals surface area contributed by atoms with Gasteiger partial charge in [0.2, 0.25) is 0 Å². The fourth-order valence-corrected chi connectivity index (χ4v) is 2.95. The molecule has 2 aliphatic rings. The van der Waals surface area contributed by atoms with Gasteiger partial charge in [0.15, 0.2) is 6.10 Å². The van der Waals surface area contributed by atoms with Gasteiger partial charge in [-0.2, -0.15) is 0 Å². The Kier molecular flexibility index (Phi) is 2.97. The maximum absolute atomic E-state index is 11.8. The van der Waals surface area contributed by atoms with Gasteiger partial charge in [0.1, 0.15) is 0 Å². The highest BCUT2D eigenvalue weighted by Gasteiger charge is 2.34. The van der Waals surface area contributed by atoms with Crippen molar-refractivity contribution in [3.8, 4) is 0 Å². The Balaban J connectivity index is 1.88. The Morgan fingerprint density at radius 1 is 1.26 bits per heavy atom. The lowest BCUT2D eigenvalue weighted by atomic mass is 9.98. The van der Waals surface area contributed by atoms with E-state index in [0.29, 0.717) is 0 Å². The maximum atomic E-state index is 11.8. The predicted molar refractivity (Wildman–Crippen MR) is 75.4 cm³/mol. The van der Waals surface area contributed by atoms with Crippen LogP contribution >= 0.6 is 0 Å². The molecule has 1 fully saturated rings. The van der Waals surface area contributed by atoms with Gasteiger partial charge in [-0.25, -0.2) is 0 Å². The lowest BCUT2D eigenvalue weighted by Gasteiger charge is -2.32. The number of aliphatic hydroxyl groups is 1. The van der Waals surface area contributed by atoms with Gasteiger partial charge in [-0.3, -0.25) is 4.79 Å². The number of aliphatic hydroxyl groups excluding tert-OH is 1. The second-order valence-corrected chi connectivity index (χ2v) is 5.71. The van der Waals surface area contributed by atoms with Gasteiger partial charge in [0.25, 0.3) is 5.91 Å². The van der Waals surface area contributed by atoms with Crippen LogP contribution in [-0.2, 0) is 4.79 Å². The minimum Gasteiger partial charge on any atom is -0.378 e. The van der Waals surface area contributed by atoms with E-state index in [1.54, 1.807) is 11.9 Å². The Bertz CT molecular complexity index is 507. The molecule has 0 aromatic heterocycles. The first-order valence-corrected chi connectivity index (χ1v) is 6.92.